The quantitative estimate of drug-likeness (QED) is 0.750. The molecule has 0 heterocycles. The monoisotopic (exact) mass is 211 g/mol. The number of nitrogens with one attached hydrogen (secondary N) is 1. The Bertz CT molecular complexity index is 251. The van der Waals surface area contributed by atoms with Gasteiger partial charge < -0.3 is 10.4 Å². The summed E-state index contributed by atoms with van der Waals surface area (Å²) >= 11 is 0. The summed E-state index contributed by atoms with van der Waals surface area (Å²) in [6.07, 6.45) is 4.05. The summed E-state index contributed by atoms with van der Waals surface area (Å²) in [7, 11) is 0. The van der Waals surface area contributed by atoms with Crippen molar-refractivity contribution in [1.29, 1.82) is 0 Å². The highest BCUT2D eigenvalue weighted by Gasteiger charge is 2.61. The van der Waals surface area contributed by atoms with Gasteiger partial charge in [-0.2, -0.15) is 0 Å². The van der Waals surface area contributed by atoms with Crippen LogP contribution in [-0.4, -0.2) is 23.8 Å². The van der Waals surface area contributed by atoms with Crippen molar-refractivity contribution in [3.8, 4) is 0 Å². The van der Waals surface area contributed by atoms with E-state index in [0.717, 1.165) is 5.92 Å². The Morgan fingerprint density at radius 1 is 1.40 bits per heavy atom. The smallest absolute Gasteiger partial charge is 0.0582 e. The first-order valence-corrected chi connectivity index (χ1v) is 6.28. The normalized spacial score (nSPS) is 44.6. The summed E-state index contributed by atoms with van der Waals surface area (Å²) in [4.78, 5) is 0. The third kappa shape index (κ3) is 1.45. The summed E-state index contributed by atoms with van der Waals surface area (Å²) in [5, 5.41) is 12.7. The SMILES string of the molecule is C[C@@H](CO)N[C@@H]1C[C@H]2CC[C@@]1(C)C2(C)C. The number of aliphatic hydroxyl groups is 1. The Morgan fingerprint density at radius 3 is 2.47 bits per heavy atom. The van der Waals surface area contributed by atoms with Gasteiger partial charge in [0.25, 0.3) is 0 Å². The van der Waals surface area contributed by atoms with Crippen LogP contribution in [-0.2, 0) is 0 Å². The fourth-order valence-electron chi connectivity index (χ4n) is 3.85. The van der Waals surface area contributed by atoms with Crippen molar-refractivity contribution in [3.63, 3.8) is 0 Å². The molecule has 0 spiro atoms. The van der Waals surface area contributed by atoms with E-state index in [-0.39, 0.29) is 12.6 Å². The molecular formula is C13H25NO. The molecule has 2 nitrogen and oxygen atoms in total. The summed E-state index contributed by atoms with van der Waals surface area (Å²) in [6, 6.07) is 0.843. The molecule has 0 aromatic heterocycles. The van der Waals surface area contributed by atoms with Gasteiger partial charge in [-0.05, 0) is 42.9 Å². The molecule has 0 aromatic rings. The lowest BCUT2D eigenvalue weighted by atomic mass is 9.69. The van der Waals surface area contributed by atoms with Gasteiger partial charge in [-0.3, -0.25) is 0 Å². The van der Waals surface area contributed by atoms with E-state index in [1.807, 2.05) is 0 Å². The summed E-state index contributed by atoms with van der Waals surface area (Å²) in [5.41, 5.74) is 0.904. The molecule has 0 aromatic carbocycles. The van der Waals surface area contributed by atoms with E-state index in [0.29, 0.717) is 16.9 Å². The average Bonchev–Trinajstić information content (AvgIpc) is 2.50. The molecule has 15 heavy (non-hydrogen) atoms. The van der Waals surface area contributed by atoms with E-state index >= 15 is 0 Å². The van der Waals surface area contributed by atoms with E-state index in [4.69, 9.17) is 5.11 Å². The van der Waals surface area contributed by atoms with Crippen LogP contribution >= 0.6 is 0 Å². The first-order valence-electron chi connectivity index (χ1n) is 6.28. The van der Waals surface area contributed by atoms with Gasteiger partial charge in [-0.25, -0.2) is 0 Å². The molecule has 0 radical (unpaired) electrons. The molecule has 0 unspecified atom stereocenters. The highest BCUT2D eigenvalue weighted by atomic mass is 16.3. The highest BCUT2D eigenvalue weighted by Crippen LogP contribution is 2.65. The van der Waals surface area contributed by atoms with Crippen molar-refractivity contribution in [2.24, 2.45) is 16.7 Å². The minimum atomic E-state index is 0.238. The molecule has 2 aliphatic rings. The molecule has 2 aliphatic carbocycles. The second-order valence-electron chi connectivity index (χ2n) is 6.41. The predicted octanol–water partition coefficient (Wildman–Crippen LogP) is 2.17. The van der Waals surface area contributed by atoms with Gasteiger partial charge in [0.1, 0.15) is 0 Å². The van der Waals surface area contributed by atoms with Crippen LogP contribution in [0.15, 0.2) is 0 Å². The number of hydrogen-bond donors (Lipinski definition) is 2. The van der Waals surface area contributed by atoms with Crippen LogP contribution in [0.2, 0.25) is 0 Å². The molecule has 2 bridgehead atoms. The third-order valence-corrected chi connectivity index (χ3v) is 5.55. The maximum absolute atomic E-state index is 9.12. The topological polar surface area (TPSA) is 32.3 Å². The number of rotatable bonds is 3. The van der Waals surface area contributed by atoms with Gasteiger partial charge in [0.05, 0.1) is 6.61 Å². The van der Waals surface area contributed by atoms with Crippen molar-refractivity contribution in [2.45, 2.75) is 59.0 Å². The van der Waals surface area contributed by atoms with E-state index in [2.05, 4.69) is 33.0 Å². The number of fused-ring (bicyclic) bond motifs is 2. The average molecular weight is 211 g/mol. The molecule has 2 fully saturated rings. The molecule has 88 valence electrons. The fraction of sp³-hybridized carbons (Fsp3) is 1.00. The lowest BCUT2D eigenvalue weighted by Gasteiger charge is -2.40. The lowest BCUT2D eigenvalue weighted by molar-refractivity contribution is 0.109. The molecule has 2 N–H and O–H groups in total. The van der Waals surface area contributed by atoms with Crippen LogP contribution < -0.4 is 5.32 Å². The maximum Gasteiger partial charge on any atom is 0.0582 e. The van der Waals surface area contributed by atoms with E-state index in [1.165, 1.54) is 19.3 Å². The van der Waals surface area contributed by atoms with E-state index in [1.54, 1.807) is 0 Å². The second kappa shape index (κ2) is 3.46. The van der Waals surface area contributed by atoms with Gasteiger partial charge in [-0.1, -0.05) is 20.8 Å². The summed E-state index contributed by atoms with van der Waals surface area (Å²) in [5.74, 6) is 0.880. The Hall–Kier alpha value is -0.0800. The summed E-state index contributed by atoms with van der Waals surface area (Å²) in [6.45, 7) is 9.60. The predicted molar refractivity (Wildman–Crippen MR) is 62.7 cm³/mol. The Kier molecular flexibility index (Phi) is 2.63. The molecular weight excluding hydrogens is 186 g/mol. The van der Waals surface area contributed by atoms with Crippen LogP contribution in [0, 0.1) is 16.7 Å². The Balaban J connectivity index is 2.12. The number of hydrogen-bond acceptors (Lipinski definition) is 2. The second-order valence-corrected chi connectivity index (χ2v) is 6.41. The van der Waals surface area contributed by atoms with Gasteiger partial charge >= 0.3 is 0 Å². The van der Waals surface area contributed by atoms with Gasteiger partial charge in [0, 0.05) is 12.1 Å². The van der Waals surface area contributed by atoms with Gasteiger partial charge in [0.2, 0.25) is 0 Å². The molecule has 2 rings (SSSR count). The van der Waals surface area contributed by atoms with E-state index < -0.39 is 0 Å². The first kappa shape index (κ1) is 11.4. The molecule has 0 aliphatic heterocycles. The van der Waals surface area contributed by atoms with Crippen LogP contribution in [0.4, 0.5) is 0 Å². The van der Waals surface area contributed by atoms with Crippen molar-refractivity contribution >= 4 is 0 Å². The van der Waals surface area contributed by atoms with Crippen LogP contribution in [0.5, 0.6) is 0 Å². The fourth-order valence-corrected chi connectivity index (χ4v) is 3.85. The summed E-state index contributed by atoms with van der Waals surface area (Å²) < 4.78 is 0. The largest absolute Gasteiger partial charge is 0.395 e. The molecule has 0 amide bonds. The van der Waals surface area contributed by atoms with Gasteiger partial charge in [-0.15, -0.1) is 0 Å². The standard InChI is InChI=1S/C13H25NO/c1-9(8-15)14-11-7-10-5-6-13(11,4)12(10,2)3/h9-11,14-15H,5-8H2,1-4H3/t9-,10+,11+,13+/m0/s1. The van der Waals surface area contributed by atoms with Crippen molar-refractivity contribution in [2.75, 3.05) is 6.61 Å². The highest BCUT2D eigenvalue weighted by molar-refractivity contribution is 5.13. The van der Waals surface area contributed by atoms with Crippen molar-refractivity contribution in [1.82, 2.24) is 5.32 Å². The minimum Gasteiger partial charge on any atom is -0.395 e. The lowest BCUT2D eigenvalue weighted by Crippen LogP contribution is -2.48. The van der Waals surface area contributed by atoms with Gasteiger partial charge in [0.15, 0.2) is 0 Å². The third-order valence-electron chi connectivity index (χ3n) is 5.55. The first-order chi connectivity index (χ1) is 6.91. The zero-order chi connectivity index (χ0) is 11.3. The zero-order valence-electron chi connectivity index (χ0n) is 10.5. The maximum atomic E-state index is 9.12. The molecule has 4 atom stereocenters. The van der Waals surface area contributed by atoms with E-state index in [9.17, 15) is 0 Å². The van der Waals surface area contributed by atoms with Crippen LogP contribution in [0.1, 0.15) is 47.0 Å². The van der Waals surface area contributed by atoms with Crippen LogP contribution in [0.25, 0.3) is 0 Å². The van der Waals surface area contributed by atoms with Crippen molar-refractivity contribution in [3.05, 3.63) is 0 Å². The zero-order valence-corrected chi connectivity index (χ0v) is 10.5. The molecule has 2 saturated carbocycles. The van der Waals surface area contributed by atoms with Crippen molar-refractivity contribution < 1.29 is 5.11 Å². The van der Waals surface area contributed by atoms with Crippen LogP contribution in [0.3, 0.4) is 0 Å². The molecule has 0 saturated heterocycles. The Labute approximate surface area is 93.5 Å². The Morgan fingerprint density at radius 2 is 2.07 bits per heavy atom. The molecule has 2 heteroatoms. The number of aliphatic hydroxyl groups excluding tert-OH is 1. The minimum absolute atomic E-state index is 0.238.